The molecular weight excluding hydrogens is 412 g/mol. The zero-order valence-electron chi connectivity index (χ0n) is 17.7. The summed E-state index contributed by atoms with van der Waals surface area (Å²) in [5.41, 5.74) is 4.08. The van der Waals surface area contributed by atoms with Crippen molar-refractivity contribution in [2.75, 3.05) is 11.9 Å². The van der Waals surface area contributed by atoms with E-state index in [2.05, 4.69) is 27.3 Å². The fraction of sp³-hybridized carbons (Fsp3) is 0.292. The fourth-order valence-electron chi connectivity index (χ4n) is 3.94. The van der Waals surface area contributed by atoms with Gasteiger partial charge in [0.05, 0.1) is 5.69 Å². The van der Waals surface area contributed by atoms with Gasteiger partial charge in [-0.1, -0.05) is 48.0 Å². The predicted octanol–water partition coefficient (Wildman–Crippen LogP) is 3.71. The zero-order valence-corrected chi connectivity index (χ0v) is 18.4. The third-order valence-corrected chi connectivity index (χ3v) is 6.09. The summed E-state index contributed by atoms with van der Waals surface area (Å²) in [7, 11) is 0. The summed E-state index contributed by atoms with van der Waals surface area (Å²) in [6.45, 7) is 5.79. The van der Waals surface area contributed by atoms with Crippen LogP contribution in [0.3, 0.4) is 0 Å². The lowest BCUT2D eigenvalue weighted by Gasteiger charge is -2.28. The van der Waals surface area contributed by atoms with E-state index >= 15 is 0 Å². The van der Waals surface area contributed by atoms with E-state index in [9.17, 15) is 9.59 Å². The highest BCUT2D eigenvalue weighted by atomic mass is 35.5. The van der Waals surface area contributed by atoms with Crippen LogP contribution < -0.4 is 10.9 Å². The fourth-order valence-corrected chi connectivity index (χ4v) is 4.11. The molecule has 3 aromatic rings. The lowest BCUT2D eigenvalue weighted by molar-refractivity contribution is -0.116. The molecule has 1 aliphatic rings. The van der Waals surface area contributed by atoms with E-state index < -0.39 is 0 Å². The number of halogens is 1. The molecule has 0 saturated carbocycles. The summed E-state index contributed by atoms with van der Waals surface area (Å²) in [5, 5.41) is 3.43. The first-order valence-electron chi connectivity index (χ1n) is 10.3. The molecule has 7 heteroatoms. The highest BCUT2D eigenvalue weighted by Crippen LogP contribution is 2.23. The standard InChI is InChI=1S/C24H25ClN4O2/c1-16-20(25)9-6-10-21(16)27-23(30)15-29-17(2)26-22-14-28(12-11-19(22)24(29)31)13-18-7-4-3-5-8-18/h3-10H,11-15H2,1-2H3,(H,27,30). The van der Waals surface area contributed by atoms with Crippen LogP contribution in [0.15, 0.2) is 53.3 Å². The minimum Gasteiger partial charge on any atom is -0.324 e. The molecule has 1 N–H and O–H groups in total. The molecule has 2 aromatic carbocycles. The average molecular weight is 437 g/mol. The van der Waals surface area contributed by atoms with Gasteiger partial charge in [0.1, 0.15) is 12.4 Å². The Hall–Kier alpha value is -2.96. The number of amides is 1. The smallest absolute Gasteiger partial charge is 0.257 e. The number of nitrogens with zero attached hydrogens (tertiary/aromatic N) is 3. The van der Waals surface area contributed by atoms with Gasteiger partial charge in [0.2, 0.25) is 5.91 Å². The van der Waals surface area contributed by atoms with E-state index in [1.54, 1.807) is 25.1 Å². The number of anilines is 1. The first kappa shape index (κ1) is 21.3. The molecule has 0 bridgehead atoms. The van der Waals surface area contributed by atoms with Gasteiger partial charge in [-0.05, 0) is 43.5 Å². The molecule has 0 fully saturated rings. The summed E-state index contributed by atoms with van der Waals surface area (Å²) in [6, 6.07) is 15.6. The molecule has 1 aliphatic heterocycles. The van der Waals surface area contributed by atoms with Crippen LogP contribution in [-0.4, -0.2) is 26.9 Å². The molecule has 6 nitrogen and oxygen atoms in total. The normalized spacial score (nSPS) is 13.6. The summed E-state index contributed by atoms with van der Waals surface area (Å²) in [4.78, 5) is 32.7. The molecule has 0 radical (unpaired) electrons. The molecule has 0 aliphatic carbocycles. The Bertz CT molecular complexity index is 1170. The molecule has 2 heterocycles. The van der Waals surface area contributed by atoms with Crippen molar-refractivity contribution >= 4 is 23.2 Å². The molecule has 4 rings (SSSR count). The molecule has 0 atom stereocenters. The number of benzene rings is 2. The monoisotopic (exact) mass is 436 g/mol. The van der Waals surface area contributed by atoms with Crippen LogP contribution in [-0.2, 0) is 30.8 Å². The molecular formula is C24H25ClN4O2. The van der Waals surface area contributed by atoms with E-state index in [4.69, 9.17) is 11.6 Å². The van der Waals surface area contributed by atoms with E-state index in [1.807, 2.05) is 25.1 Å². The Morgan fingerprint density at radius 3 is 2.68 bits per heavy atom. The number of aryl methyl sites for hydroxylation is 1. The van der Waals surface area contributed by atoms with Crippen LogP contribution in [0.25, 0.3) is 0 Å². The highest BCUT2D eigenvalue weighted by Gasteiger charge is 2.23. The van der Waals surface area contributed by atoms with Crippen molar-refractivity contribution in [3.8, 4) is 0 Å². The van der Waals surface area contributed by atoms with Gasteiger partial charge < -0.3 is 5.32 Å². The quantitative estimate of drug-likeness (QED) is 0.662. The maximum absolute atomic E-state index is 13.1. The minimum atomic E-state index is -0.279. The third kappa shape index (κ3) is 4.70. The van der Waals surface area contributed by atoms with Gasteiger partial charge in [0, 0.05) is 35.9 Å². The number of aromatic nitrogens is 2. The average Bonchev–Trinajstić information content (AvgIpc) is 2.75. The Morgan fingerprint density at radius 1 is 1.13 bits per heavy atom. The van der Waals surface area contributed by atoms with E-state index in [1.165, 1.54) is 10.1 Å². The number of hydrogen-bond donors (Lipinski definition) is 1. The van der Waals surface area contributed by atoms with Gasteiger partial charge in [-0.2, -0.15) is 0 Å². The highest BCUT2D eigenvalue weighted by molar-refractivity contribution is 6.31. The van der Waals surface area contributed by atoms with E-state index in [0.29, 0.717) is 35.1 Å². The van der Waals surface area contributed by atoms with Gasteiger partial charge in [-0.15, -0.1) is 0 Å². The van der Waals surface area contributed by atoms with Crippen molar-refractivity contribution in [1.29, 1.82) is 0 Å². The summed E-state index contributed by atoms with van der Waals surface area (Å²) >= 11 is 6.13. The van der Waals surface area contributed by atoms with Gasteiger partial charge in [0.15, 0.2) is 0 Å². The third-order valence-electron chi connectivity index (χ3n) is 5.68. The van der Waals surface area contributed by atoms with Crippen molar-refractivity contribution in [1.82, 2.24) is 14.5 Å². The molecule has 1 amide bonds. The first-order valence-corrected chi connectivity index (χ1v) is 10.7. The predicted molar refractivity (Wildman–Crippen MR) is 122 cm³/mol. The maximum Gasteiger partial charge on any atom is 0.257 e. The van der Waals surface area contributed by atoms with Crippen LogP contribution >= 0.6 is 11.6 Å². The van der Waals surface area contributed by atoms with Crippen LogP contribution in [0.4, 0.5) is 5.69 Å². The molecule has 31 heavy (non-hydrogen) atoms. The molecule has 1 aromatic heterocycles. The Kier molecular flexibility index (Phi) is 6.20. The van der Waals surface area contributed by atoms with Crippen molar-refractivity contribution in [2.45, 2.75) is 39.9 Å². The Labute approximate surface area is 186 Å². The summed E-state index contributed by atoms with van der Waals surface area (Å²) in [6.07, 6.45) is 0.628. The van der Waals surface area contributed by atoms with Gasteiger partial charge >= 0.3 is 0 Å². The number of carbonyl (C=O) groups is 1. The first-order chi connectivity index (χ1) is 14.9. The van der Waals surface area contributed by atoms with Crippen molar-refractivity contribution in [2.24, 2.45) is 0 Å². The Balaban J connectivity index is 1.50. The number of nitrogens with one attached hydrogen (secondary N) is 1. The number of rotatable bonds is 5. The van der Waals surface area contributed by atoms with Crippen LogP contribution in [0.1, 0.15) is 28.2 Å². The lowest BCUT2D eigenvalue weighted by Crippen LogP contribution is -2.39. The summed E-state index contributed by atoms with van der Waals surface area (Å²) in [5.74, 6) is 0.266. The second-order valence-corrected chi connectivity index (χ2v) is 8.29. The van der Waals surface area contributed by atoms with Gasteiger partial charge in [-0.25, -0.2) is 4.98 Å². The number of hydrogen-bond acceptors (Lipinski definition) is 4. The molecule has 0 saturated heterocycles. The number of fused-ring (bicyclic) bond motifs is 1. The molecule has 160 valence electrons. The van der Waals surface area contributed by atoms with E-state index in [0.717, 1.165) is 24.3 Å². The molecule has 0 unspecified atom stereocenters. The van der Waals surface area contributed by atoms with Crippen LogP contribution in [0, 0.1) is 13.8 Å². The van der Waals surface area contributed by atoms with Crippen LogP contribution in [0.5, 0.6) is 0 Å². The maximum atomic E-state index is 13.1. The second kappa shape index (κ2) is 9.04. The van der Waals surface area contributed by atoms with E-state index in [-0.39, 0.29) is 18.0 Å². The second-order valence-electron chi connectivity index (χ2n) is 7.88. The van der Waals surface area contributed by atoms with Crippen molar-refractivity contribution in [3.05, 3.63) is 92.1 Å². The zero-order chi connectivity index (χ0) is 22.0. The van der Waals surface area contributed by atoms with Crippen molar-refractivity contribution < 1.29 is 4.79 Å². The molecule has 0 spiro atoms. The van der Waals surface area contributed by atoms with Crippen LogP contribution in [0.2, 0.25) is 5.02 Å². The summed E-state index contributed by atoms with van der Waals surface area (Å²) < 4.78 is 1.46. The van der Waals surface area contributed by atoms with Gasteiger partial charge in [0.25, 0.3) is 5.56 Å². The number of carbonyl (C=O) groups excluding carboxylic acids is 1. The van der Waals surface area contributed by atoms with Crippen molar-refractivity contribution in [3.63, 3.8) is 0 Å². The minimum absolute atomic E-state index is 0.0787. The topological polar surface area (TPSA) is 67.2 Å². The Morgan fingerprint density at radius 2 is 1.90 bits per heavy atom. The van der Waals surface area contributed by atoms with Gasteiger partial charge in [-0.3, -0.25) is 19.1 Å². The largest absolute Gasteiger partial charge is 0.324 e. The lowest BCUT2D eigenvalue weighted by atomic mass is 10.1. The SMILES string of the molecule is Cc1c(Cl)cccc1NC(=O)Cn1c(C)nc2c(c1=O)CCN(Cc1ccccc1)C2.